The Morgan fingerprint density at radius 3 is 1.64 bits per heavy atom. The third kappa shape index (κ3) is 36.3. The van der Waals surface area contributed by atoms with E-state index in [-0.39, 0.29) is 32.3 Å². The zero-order valence-electron chi connectivity index (χ0n) is 30.8. The molecular formula is C38H76NO7P. The molecule has 0 fully saturated rings. The van der Waals surface area contributed by atoms with E-state index in [0.717, 1.165) is 51.4 Å². The van der Waals surface area contributed by atoms with Gasteiger partial charge in [0.2, 0.25) is 0 Å². The second-order valence-electron chi connectivity index (χ2n) is 13.1. The van der Waals surface area contributed by atoms with Crippen molar-refractivity contribution in [2.45, 2.75) is 193 Å². The van der Waals surface area contributed by atoms with E-state index in [1.54, 1.807) is 0 Å². The Balaban J connectivity index is 3.97. The molecule has 0 aromatic heterocycles. The minimum Gasteiger partial charge on any atom is -0.457 e. The van der Waals surface area contributed by atoms with Crippen molar-refractivity contribution in [2.24, 2.45) is 5.73 Å². The lowest BCUT2D eigenvalue weighted by Gasteiger charge is -2.20. The quantitative estimate of drug-likeness (QED) is 0.0285. The van der Waals surface area contributed by atoms with Crippen molar-refractivity contribution < 1.29 is 32.8 Å². The van der Waals surface area contributed by atoms with E-state index in [1.165, 1.54) is 116 Å². The second kappa shape index (κ2) is 36.5. The summed E-state index contributed by atoms with van der Waals surface area (Å²) in [5.74, 6) is -0.339. The highest BCUT2D eigenvalue weighted by Crippen LogP contribution is 2.43. The van der Waals surface area contributed by atoms with Crippen LogP contribution in [0.25, 0.3) is 0 Å². The van der Waals surface area contributed by atoms with Crippen molar-refractivity contribution in [1.82, 2.24) is 0 Å². The Bertz CT molecular complexity index is 737. The van der Waals surface area contributed by atoms with Gasteiger partial charge in [0.15, 0.2) is 0 Å². The lowest BCUT2D eigenvalue weighted by Crippen LogP contribution is -2.28. The summed E-state index contributed by atoms with van der Waals surface area (Å²) in [5.41, 5.74) is 5.35. The molecule has 0 aliphatic heterocycles. The van der Waals surface area contributed by atoms with Crippen LogP contribution in [0.2, 0.25) is 0 Å². The number of hydrogen-bond donors (Lipinski definition) is 2. The second-order valence-corrected chi connectivity index (χ2v) is 14.6. The highest BCUT2D eigenvalue weighted by Gasteiger charge is 2.25. The van der Waals surface area contributed by atoms with Gasteiger partial charge in [-0.2, -0.15) is 0 Å². The fraction of sp³-hybridized carbons (Fsp3) is 0.921. The van der Waals surface area contributed by atoms with E-state index in [1.807, 2.05) is 0 Å². The van der Waals surface area contributed by atoms with Gasteiger partial charge in [-0.25, -0.2) is 4.57 Å². The van der Waals surface area contributed by atoms with Gasteiger partial charge in [0, 0.05) is 19.6 Å². The minimum absolute atomic E-state index is 0.0941. The van der Waals surface area contributed by atoms with Gasteiger partial charge in [-0.1, -0.05) is 161 Å². The highest BCUT2D eigenvalue weighted by molar-refractivity contribution is 7.47. The molecule has 2 unspecified atom stereocenters. The molecule has 0 aliphatic carbocycles. The van der Waals surface area contributed by atoms with Gasteiger partial charge >= 0.3 is 13.8 Å². The molecule has 0 amide bonds. The molecule has 9 heteroatoms. The lowest BCUT2D eigenvalue weighted by molar-refractivity contribution is -0.154. The molecule has 3 N–H and O–H groups in total. The largest absolute Gasteiger partial charge is 0.472 e. The summed E-state index contributed by atoms with van der Waals surface area (Å²) in [6, 6.07) is 0. The number of carbonyl (C=O) groups is 1. The molecule has 0 aromatic carbocycles. The van der Waals surface area contributed by atoms with Crippen LogP contribution in [0.15, 0.2) is 12.2 Å². The van der Waals surface area contributed by atoms with E-state index in [9.17, 15) is 14.3 Å². The Labute approximate surface area is 290 Å². The Morgan fingerprint density at radius 1 is 0.617 bits per heavy atom. The fourth-order valence-corrected chi connectivity index (χ4v) is 6.29. The van der Waals surface area contributed by atoms with Crippen LogP contribution in [0, 0.1) is 0 Å². The predicted molar refractivity (Wildman–Crippen MR) is 197 cm³/mol. The number of hydrogen-bond acceptors (Lipinski definition) is 7. The van der Waals surface area contributed by atoms with Crippen molar-refractivity contribution in [3.63, 3.8) is 0 Å². The highest BCUT2D eigenvalue weighted by atomic mass is 31.2. The number of esters is 1. The monoisotopic (exact) mass is 690 g/mol. The number of phosphoric ester groups is 1. The van der Waals surface area contributed by atoms with Gasteiger partial charge in [0.1, 0.15) is 6.10 Å². The van der Waals surface area contributed by atoms with Crippen LogP contribution in [0.5, 0.6) is 0 Å². The van der Waals surface area contributed by atoms with Crippen molar-refractivity contribution in [3.05, 3.63) is 12.2 Å². The summed E-state index contributed by atoms with van der Waals surface area (Å²) < 4.78 is 33.3. The van der Waals surface area contributed by atoms with Crippen molar-refractivity contribution in [2.75, 3.05) is 33.0 Å². The number of unbranched alkanes of at least 4 members (excludes halogenated alkanes) is 23. The molecular weight excluding hydrogens is 613 g/mol. The number of ether oxygens (including phenoxy) is 2. The summed E-state index contributed by atoms with van der Waals surface area (Å²) >= 11 is 0. The van der Waals surface area contributed by atoms with Gasteiger partial charge in [0.25, 0.3) is 0 Å². The topological polar surface area (TPSA) is 117 Å². The molecule has 0 spiro atoms. The molecule has 2 atom stereocenters. The number of rotatable bonds is 38. The third-order valence-corrected chi connectivity index (χ3v) is 9.40. The van der Waals surface area contributed by atoms with E-state index in [2.05, 4.69) is 26.0 Å². The van der Waals surface area contributed by atoms with Crippen LogP contribution < -0.4 is 5.73 Å². The Kier molecular flexibility index (Phi) is 35.9. The smallest absolute Gasteiger partial charge is 0.457 e. The maximum Gasteiger partial charge on any atom is 0.472 e. The van der Waals surface area contributed by atoms with Gasteiger partial charge in [-0.3, -0.25) is 13.8 Å². The average molecular weight is 690 g/mol. The molecule has 8 nitrogen and oxygen atoms in total. The van der Waals surface area contributed by atoms with Crippen LogP contribution in [-0.2, 0) is 27.9 Å². The summed E-state index contributed by atoms with van der Waals surface area (Å²) in [5, 5.41) is 0. The first-order valence-electron chi connectivity index (χ1n) is 19.7. The SMILES string of the molecule is CCC/C=C\CCCCCCCC(=O)OC(COCCCCCCCCCCCCCCCCCCCC)COP(=O)(O)OCCN. The number of phosphoric acid groups is 1. The maximum absolute atomic E-state index is 12.5. The van der Waals surface area contributed by atoms with E-state index in [4.69, 9.17) is 24.3 Å². The zero-order chi connectivity index (χ0) is 34.5. The summed E-state index contributed by atoms with van der Waals surface area (Å²) in [4.78, 5) is 22.3. The van der Waals surface area contributed by atoms with Crippen LogP contribution in [0.4, 0.5) is 0 Å². The zero-order valence-corrected chi connectivity index (χ0v) is 31.7. The Hall–Kier alpha value is -0.760. The molecule has 0 rings (SSSR count). The summed E-state index contributed by atoms with van der Waals surface area (Å²) in [6.07, 6.45) is 36.6. The molecule has 0 aliphatic rings. The van der Waals surface area contributed by atoms with E-state index < -0.39 is 13.9 Å². The molecule has 47 heavy (non-hydrogen) atoms. The summed E-state index contributed by atoms with van der Waals surface area (Å²) in [7, 11) is -4.26. The molecule has 0 heterocycles. The van der Waals surface area contributed by atoms with Crippen LogP contribution in [-0.4, -0.2) is 49.9 Å². The lowest BCUT2D eigenvalue weighted by atomic mass is 10.0. The molecule has 0 radical (unpaired) electrons. The first-order valence-corrected chi connectivity index (χ1v) is 21.2. The number of allylic oxidation sites excluding steroid dienone is 2. The van der Waals surface area contributed by atoms with Gasteiger partial charge in [-0.05, 0) is 32.1 Å². The van der Waals surface area contributed by atoms with Gasteiger partial charge < -0.3 is 20.1 Å². The molecule has 0 saturated carbocycles. The van der Waals surface area contributed by atoms with Gasteiger partial charge in [-0.15, -0.1) is 0 Å². The van der Waals surface area contributed by atoms with Crippen molar-refractivity contribution in [1.29, 1.82) is 0 Å². The van der Waals surface area contributed by atoms with E-state index >= 15 is 0 Å². The average Bonchev–Trinajstić information content (AvgIpc) is 3.06. The number of nitrogens with two attached hydrogens (primary N) is 1. The molecule has 0 aromatic rings. The van der Waals surface area contributed by atoms with E-state index in [0.29, 0.717) is 13.0 Å². The summed E-state index contributed by atoms with van der Waals surface area (Å²) in [6.45, 7) is 4.87. The fourth-order valence-electron chi connectivity index (χ4n) is 5.53. The van der Waals surface area contributed by atoms with Crippen LogP contribution in [0.3, 0.4) is 0 Å². The maximum atomic E-state index is 12.5. The first kappa shape index (κ1) is 46.2. The third-order valence-electron chi connectivity index (χ3n) is 8.41. The van der Waals surface area contributed by atoms with Crippen molar-refractivity contribution in [3.8, 4) is 0 Å². The van der Waals surface area contributed by atoms with Crippen LogP contribution in [0.1, 0.15) is 187 Å². The standard InChI is InChI=1S/C38H76NO7P/c1-3-5-7-9-11-13-15-16-17-18-19-20-21-22-24-26-28-30-33-43-35-37(36-45-47(41,42)44-34-32-39)46-38(40)31-29-27-25-23-14-12-10-8-6-4-2/h8,10,37H,3-7,9,11-36,39H2,1-2H3,(H,41,42)/b10-8-. The Morgan fingerprint density at radius 2 is 1.11 bits per heavy atom. The first-order chi connectivity index (χ1) is 22.9. The van der Waals surface area contributed by atoms with Gasteiger partial charge in [0.05, 0.1) is 19.8 Å². The predicted octanol–water partition coefficient (Wildman–Crippen LogP) is 11.1. The molecule has 280 valence electrons. The molecule has 0 bridgehead atoms. The van der Waals surface area contributed by atoms with Crippen LogP contribution >= 0.6 is 7.82 Å². The normalized spacial score (nSPS) is 13.7. The van der Waals surface area contributed by atoms with Crippen molar-refractivity contribution >= 4 is 13.8 Å². The number of carbonyl (C=O) groups excluding carboxylic acids is 1. The molecule has 0 saturated heterocycles. The minimum atomic E-state index is -4.26.